The molecule has 32 heavy (non-hydrogen) atoms. The molecular weight excluding hydrogens is 398 g/mol. The summed E-state index contributed by atoms with van der Waals surface area (Å²) in [5.41, 5.74) is 1.51. The second kappa shape index (κ2) is 8.42. The summed E-state index contributed by atoms with van der Waals surface area (Å²) in [6.45, 7) is 9.72. The molecule has 1 unspecified atom stereocenters. The normalized spacial score (nSPS) is 41.2. The van der Waals surface area contributed by atoms with Gasteiger partial charge in [-0.05, 0) is 118 Å². The molecule has 0 radical (unpaired) electrons. The molecule has 4 aliphatic carbocycles. The molecule has 6 atom stereocenters. The molecule has 5 aliphatic rings. The van der Waals surface area contributed by atoms with Crippen LogP contribution in [0.25, 0.3) is 0 Å². The molecule has 1 heterocycles. The Kier molecular flexibility index (Phi) is 5.89. The van der Waals surface area contributed by atoms with Crippen LogP contribution in [0.4, 0.5) is 0 Å². The maximum absolute atomic E-state index is 12.5. The predicted octanol–water partition coefficient (Wildman–Crippen LogP) is 5.68. The summed E-state index contributed by atoms with van der Waals surface area (Å²) in [6, 6.07) is 0. The maximum Gasteiger partial charge on any atom is 0.312 e. The van der Waals surface area contributed by atoms with E-state index in [1.54, 1.807) is 6.92 Å². The number of ketones is 1. The maximum atomic E-state index is 12.5. The van der Waals surface area contributed by atoms with Crippen molar-refractivity contribution in [3.05, 3.63) is 23.5 Å². The number of Topliss-reactive ketones (excluding diaryl/α,β-unsaturated/α-hetero) is 1. The van der Waals surface area contributed by atoms with Gasteiger partial charge < -0.3 is 9.64 Å². The SMILES string of the molecule is CC(=O)C1=CC[C@H]2[C@@H]3CCC4C=C(OC(=O)CCN5CCCC5)CC[C@]4(C)[C@H]3CC[C@]12C. The van der Waals surface area contributed by atoms with Crippen LogP contribution in [-0.2, 0) is 14.3 Å². The van der Waals surface area contributed by atoms with Gasteiger partial charge in [0.05, 0.1) is 6.42 Å². The minimum absolute atomic E-state index is 0.0531. The average molecular weight is 440 g/mol. The van der Waals surface area contributed by atoms with Gasteiger partial charge in [-0.15, -0.1) is 0 Å². The van der Waals surface area contributed by atoms with Gasteiger partial charge in [-0.3, -0.25) is 9.59 Å². The number of ether oxygens (including phenoxy) is 1. The number of esters is 1. The van der Waals surface area contributed by atoms with E-state index in [0.717, 1.165) is 68.5 Å². The van der Waals surface area contributed by atoms with E-state index < -0.39 is 0 Å². The summed E-state index contributed by atoms with van der Waals surface area (Å²) < 4.78 is 5.86. The van der Waals surface area contributed by atoms with Crippen molar-refractivity contribution >= 4 is 11.8 Å². The molecule has 0 aromatic heterocycles. The van der Waals surface area contributed by atoms with E-state index in [1.165, 1.54) is 32.1 Å². The first-order valence-corrected chi connectivity index (χ1v) is 13.2. The highest BCUT2D eigenvalue weighted by Crippen LogP contribution is 2.66. The van der Waals surface area contributed by atoms with Crippen molar-refractivity contribution in [2.45, 2.75) is 85.0 Å². The smallest absolute Gasteiger partial charge is 0.312 e. The molecule has 176 valence electrons. The number of carbonyl (C=O) groups excluding carboxylic acids is 2. The van der Waals surface area contributed by atoms with Gasteiger partial charge >= 0.3 is 5.97 Å². The van der Waals surface area contributed by atoms with E-state index in [1.807, 2.05) is 0 Å². The van der Waals surface area contributed by atoms with Gasteiger partial charge in [-0.25, -0.2) is 0 Å². The summed E-state index contributed by atoms with van der Waals surface area (Å²) in [5, 5.41) is 0. The summed E-state index contributed by atoms with van der Waals surface area (Å²) in [4.78, 5) is 27.1. The molecule has 1 saturated heterocycles. The van der Waals surface area contributed by atoms with Crippen LogP contribution >= 0.6 is 0 Å². The van der Waals surface area contributed by atoms with Gasteiger partial charge in [-0.1, -0.05) is 19.9 Å². The fourth-order valence-corrected chi connectivity index (χ4v) is 8.48. The van der Waals surface area contributed by atoms with E-state index in [-0.39, 0.29) is 17.2 Å². The Morgan fingerprint density at radius 2 is 1.88 bits per heavy atom. The van der Waals surface area contributed by atoms with E-state index in [4.69, 9.17) is 4.74 Å². The minimum Gasteiger partial charge on any atom is -0.431 e. The summed E-state index contributed by atoms with van der Waals surface area (Å²) >= 11 is 0. The van der Waals surface area contributed by atoms with Crippen LogP contribution in [0.1, 0.15) is 85.0 Å². The lowest BCUT2D eigenvalue weighted by molar-refractivity contribution is -0.141. The number of nitrogens with zero attached hydrogens (tertiary/aromatic N) is 1. The Labute approximate surface area is 193 Å². The molecule has 0 bridgehead atoms. The van der Waals surface area contributed by atoms with Crippen molar-refractivity contribution in [3.63, 3.8) is 0 Å². The molecule has 0 spiro atoms. The van der Waals surface area contributed by atoms with Crippen molar-refractivity contribution in [1.29, 1.82) is 0 Å². The Morgan fingerprint density at radius 3 is 2.62 bits per heavy atom. The minimum atomic E-state index is -0.0531. The predicted molar refractivity (Wildman–Crippen MR) is 126 cm³/mol. The third kappa shape index (κ3) is 3.71. The number of fused-ring (bicyclic) bond motifs is 5. The van der Waals surface area contributed by atoms with Gasteiger partial charge in [0.1, 0.15) is 5.76 Å². The average Bonchev–Trinajstić information content (AvgIpc) is 3.39. The summed E-state index contributed by atoms with van der Waals surface area (Å²) in [7, 11) is 0. The van der Waals surface area contributed by atoms with Crippen LogP contribution in [0.15, 0.2) is 23.5 Å². The number of likely N-dealkylation sites (tertiary alicyclic amines) is 1. The van der Waals surface area contributed by atoms with Crippen molar-refractivity contribution < 1.29 is 14.3 Å². The molecule has 0 aromatic rings. The fraction of sp³-hybridized carbons (Fsp3) is 0.786. The molecule has 0 aromatic carbocycles. The number of rotatable bonds is 5. The first kappa shape index (κ1) is 22.4. The molecule has 5 rings (SSSR count). The second-order valence-electron chi connectivity index (χ2n) is 11.8. The van der Waals surface area contributed by atoms with E-state index in [2.05, 4.69) is 30.9 Å². The van der Waals surface area contributed by atoms with Crippen LogP contribution < -0.4 is 0 Å². The molecular formula is C28H41NO3. The van der Waals surface area contributed by atoms with Gasteiger partial charge in [0.2, 0.25) is 0 Å². The highest BCUT2D eigenvalue weighted by atomic mass is 16.5. The van der Waals surface area contributed by atoms with Crippen LogP contribution in [0, 0.1) is 34.5 Å². The van der Waals surface area contributed by atoms with Crippen molar-refractivity contribution in [3.8, 4) is 0 Å². The standard InChI is InChI=1S/C28H41NO3/c1-19(30)23-8-9-24-22-7-6-20-18-21(32-26(31)12-17-29-15-4-5-16-29)10-13-27(20,2)25(22)11-14-28(23,24)3/h8,18,20,22,24-25H,4-7,9-17H2,1-3H3/t20?,22-,24-,25-,27-,28+/m0/s1. The van der Waals surface area contributed by atoms with E-state index >= 15 is 0 Å². The lowest BCUT2D eigenvalue weighted by Crippen LogP contribution is -2.52. The zero-order chi connectivity index (χ0) is 22.5. The molecule has 4 nitrogen and oxygen atoms in total. The lowest BCUT2D eigenvalue weighted by Gasteiger charge is -2.59. The van der Waals surface area contributed by atoms with Crippen LogP contribution in [0.2, 0.25) is 0 Å². The molecule has 0 N–H and O–H groups in total. The van der Waals surface area contributed by atoms with Gasteiger partial charge in [-0.2, -0.15) is 0 Å². The molecule has 1 aliphatic heterocycles. The summed E-state index contributed by atoms with van der Waals surface area (Å²) in [5.74, 6) is 3.76. The Morgan fingerprint density at radius 1 is 1.09 bits per heavy atom. The largest absolute Gasteiger partial charge is 0.431 e. The number of carbonyl (C=O) groups is 2. The Hall–Kier alpha value is -1.42. The van der Waals surface area contributed by atoms with Crippen LogP contribution in [-0.4, -0.2) is 36.3 Å². The van der Waals surface area contributed by atoms with Crippen molar-refractivity contribution in [2.24, 2.45) is 34.5 Å². The fourth-order valence-electron chi connectivity index (χ4n) is 8.48. The zero-order valence-electron chi connectivity index (χ0n) is 20.3. The quantitative estimate of drug-likeness (QED) is 0.517. The first-order chi connectivity index (χ1) is 15.3. The van der Waals surface area contributed by atoms with E-state index in [9.17, 15) is 9.59 Å². The number of allylic oxidation sites excluding steroid dienone is 4. The molecule has 4 heteroatoms. The molecule has 0 amide bonds. The van der Waals surface area contributed by atoms with Gasteiger partial charge in [0.25, 0.3) is 0 Å². The van der Waals surface area contributed by atoms with Crippen molar-refractivity contribution in [2.75, 3.05) is 19.6 Å². The highest BCUT2D eigenvalue weighted by Gasteiger charge is 2.58. The number of hydrogen-bond acceptors (Lipinski definition) is 4. The molecule has 3 fully saturated rings. The topological polar surface area (TPSA) is 46.6 Å². The monoisotopic (exact) mass is 439 g/mol. The highest BCUT2D eigenvalue weighted by molar-refractivity contribution is 5.95. The third-order valence-corrected chi connectivity index (χ3v) is 10.3. The first-order valence-electron chi connectivity index (χ1n) is 13.2. The van der Waals surface area contributed by atoms with Crippen molar-refractivity contribution in [1.82, 2.24) is 4.90 Å². The van der Waals surface area contributed by atoms with E-state index in [0.29, 0.717) is 23.7 Å². The Balaban J connectivity index is 1.24. The third-order valence-electron chi connectivity index (χ3n) is 10.3. The second-order valence-corrected chi connectivity index (χ2v) is 11.8. The van der Waals surface area contributed by atoms with Crippen LogP contribution in [0.3, 0.4) is 0 Å². The number of hydrogen-bond donors (Lipinski definition) is 0. The zero-order valence-corrected chi connectivity index (χ0v) is 20.3. The van der Waals surface area contributed by atoms with Crippen LogP contribution in [0.5, 0.6) is 0 Å². The Bertz CT molecular complexity index is 838. The lowest BCUT2D eigenvalue weighted by atomic mass is 9.45. The molecule has 2 saturated carbocycles. The summed E-state index contributed by atoms with van der Waals surface area (Å²) in [6.07, 6.45) is 15.5. The van der Waals surface area contributed by atoms with Gasteiger partial charge in [0, 0.05) is 13.0 Å². The van der Waals surface area contributed by atoms with Gasteiger partial charge in [0.15, 0.2) is 5.78 Å².